The lowest BCUT2D eigenvalue weighted by molar-refractivity contribution is 0.0844. The third-order valence-corrected chi connectivity index (χ3v) is 3.38. The molecule has 3 aromatic rings. The van der Waals surface area contributed by atoms with E-state index >= 15 is 0 Å². The van der Waals surface area contributed by atoms with E-state index in [4.69, 9.17) is 0 Å². The number of hydrazine groups is 1. The molecule has 22 heavy (non-hydrogen) atoms. The molecule has 1 aromatic heterocycles. The first kappa shape index (κ1) is 13.9. The molecule has 0 spiro atoms. The molecule has 0 aliphatic heterocycles. The molecule has 0 radical (unpaired) electrons. The second-order valence-corrected chi connectivity index (χ2v) is 5.04. The number of carbonyl (C=O) groups excluding carboxylic acids is 2. The summed E-state index contributed by atoms with van der Waals surface area (Å²) in [6.07, 6.45) is 0. The zero-order chi connectivity index (χ0) is 15.5. The fourth-order valence-electron chi connectivity index (χ4n) is 2.15. The van der Waals surface area contributed by atoms with Crippen molar-refractivity contribution in [1.82, 2.24) is 15.8 Å². The Morgan fingerprint density at radius 3 is 2.32 bits per heavy atom. The number of aryl methyl sites for hydroxylation is 1. The number of aromatic nitrogens is 1. The summed E-state index contributed by atoms with van der Waals surface area (Å²) in [6.45, 7) is 1.94. The first-order chi connectivity index (χ1) is 10.6. The van der Waals surface area contributed by atoms with Crippen LogP contribution in [0.2, 0.25) is 0 Å². The average Bonchev–Trinajstić information content (AvgIpc) is 2.97. The molecule has 3 rings (SSSR count). The number of carbonyl (C=O) groups is 2. The number of rotatable bonds is 2. The molecule has 3 N–H and O–H groups in total. The Bertz CT molecular complexity index is 801. The zero-order valence-electron chi connectivity index (χ0n) is 12.0. The molecule has 2 amide bonds. The molecule has 110 valence electrons. The Balaban J connectivity index is 1.66. The summed E-state index contributed by atoms with van der Waals surface area (Å²) < 4.78 is 0. The molecule has 0 atom stereocenters. The van der Waals surface area contributed by atoms with Crippen LogP contribution in [0.5, 0.6) is 0 Å². The Morgan fingerprint density at radius 2 is 1.59 bits per heavy atom. The highest BCUT2D eigenvalue weighted by atomic mass is 16.2. The molecule has 0 unspecified atom stereocenters. The normalized spacial score (nSPS) is 10.4. The van der Waals surface area contributed by atoms with Gasteiger partial charge in [-0.05, 0) is 31.2 Å². The Labute approximate surface area is 127 Å². The largest absolute Gasteiger partial charge is 0.350 e. The van der Waals surface area contributed by atoms with E-state index in [2.05, 4.69) is 15.8 Å². The summed E-state index contributed by atoms with van der Waals surface area (Å²) in [5.41, 5.74) is 7.63. The molecule has 0 fully saturated rings. The van der Waals surface area contributed by atoms with Gasteiger partial charge in [-0.15, -0.1) is 0 Å². The number of hydrogen-bond donors (Lipinski definition) is 3. The van der Waals surface area contributed by atoms with Crippen LogP contribution in [0.1, 0.15) is 26.4 Å². The van der Waals surface area contributed by atoms with Crippen molar-refractivity contribution >= 4 is 22.7 Å². The fourth-order valence-corrected chi connectivity index (χ4v) is 2.15. The van der Waals surface area contributed by atoms with Crippen LogP contribution in [0.25, 0.3) is 10.9 Å². The van der Waals surface area contributed by atoms with Crippen molar-refractivity contribution in [2.24, 2.45) is 0 Å². The Hall–Kier alpha value is -3.08. The molecule has 0 saturated carbocycles. The number of fused-ring (bicyclic) bond motifs is 1. The van der Waals surface area contributed by atoms with Crippen molar-refractivity contribution in [3.05, 3.63) is 71.4 Å². The van der Waals surface area contributed by atoms with Gasteiger partial charge in [0.25, 0.3) is 11.8 Å². The van der Waals surface area contributed by atoms with Crippen molar-refractivity contribution in [2.45, 2.75) is 6.92 Å². The standard InChI is InChI=1S/C17H15N3O2/c1-11-6-8-12(9-7-11)16(21)19-20-17(22)15-10-13-4-2-3-5-14(13)18-15/h2-10,18H,1H3,(H,19,21)(H,20,22). The van der Waals surface area contributed by atoms with Gasteiger partial charge >= 0.3 is 0 Å². The minimum Gasteiger partial charge on any atom is -0.350 e. The molecule has 0 bridgehead atoms. The summed E-state index contributed by atoms with van der Waals surface area (Å²) in [4.78, 5) is 27.0. The van der Waals surface area contributed by atoms with Crippen molar-refractivity contribution < 1.29 is 9.59 Å². The first-order valence-electron chi connectivity index (χ1n) is 6.88. The van der Waals surface area contributed by atoms with E-state index < -0.39 is 5.91 Å². The predicted octanol–water partition coefficient (Wildman–Crippen LogP) is 2.55. The van der Waals surface area contributed by atoms with Crippen LogP contribution < -0.4 is 10.9 Å². The minimum atomic E-state index is -0.392. The lowest BCUT2D eigenvalue weighted by atomic mass is 10.1. The number of H-pyrrole nitrogens is 1. The maximum atomic E-state index is 12.0. The van der Waals surface area contributed by atoms with Crippen molar-refractivity contribution in [3.8, 4) is 0 Å². The van der Waals surface area contributed by atoms with Crippen molar-refractivity contribution in [1.29, 1.82) is 0 Å². The van der Waals surface area contributed by atoms with Crippen molar-refractivity contribution in [2.75, 3.05) is 0 Å². The van der Waals surface area contributed by atoms with Gasteiger partial charge in [0.2, 0.25) is 0 Å². The van der Waals surface area contributed by atoms with Gasteiger partial charge in [-0.1, -0.05) is 35.9 Å². The van der Waals surface area contributed by atoms with E-state index in [-0.39, 0.29) is 5.91 Å². The predicted molar refractivity (Wildman–Crippen MR) is 84.4 cm³/mol. The lowest BCUT2D eigenvalue weighted by Crippen LogP contribution is -2.41. The summed E-state index contributed by atoms with van der Waals surface area (Å²) in [6, 6.07) is 16.4. The molecular weight excluding hydrogens is 278 g/mol. The fraction of sp³-hybridized carbons (Fsp3) is 0.0588. The van der Waals surface area contributed by atoms with E-state index in [0.29, 0.717) is 11.3 Å². The van der Waals surface area contributed by atoms with Crippen LogP contribution in [-0.2, 0) is 0 Å². The van der Waals surface area contributed by atoms with Gasteiger partial charge < -0.3 is 4.98 Å². The van der Waals surface area contributed by atoms with E-state index in [1.165, 1.54) is 0 Å². The monoisotopic (exact) mass is 293 g/mol. The van der Waals surface area contributed by atoms with Crippen molar-refractivity contribution in [3.63, 3.8) is 0 Å². The molecule has 1 heterocycles. The number of aromatic amines is 1. The van der Waals surface area contributed by atoms with E-state index in [1.807, 2.05) is 43.3 Å². The van der Waals surface area contributed by atoms with Gasteiger partial charge in [0.05, 0.1) is 0 Å². The quantitative estimate of drug-likeness (QED) is 0.635. The van der Waals surface area contributed by atoms with Gasteiger partial charge in [-0.2, -0.15) is 0 Å². The second kappa shape index (κ2) is 5.73. The molecule has 0 saturated heterocycles. The van der Waals surface area contributed by atoms with Crippen LogP contribution in [0.15, 0.2) is 54.6 Å². The maximum Gasteiger partial charge on any atom is 0.286 e. The number of benzene rings is 2. The number of amides is 2. The van der Waals surface area contributed by atoms with E-state index in [9.17, 15) is 9.59 Å². The minimum absolute atomic E-state index is 0.357. The summed E-state index contributed by atoms with van der Waals surface area (Å²) in [5.74, 6) is -0.749. The highest BCUT2D eigenvalue weighted by Crippen LogP contribution is 2.14. The van der Waals surface area contributed by atoms with Gasteiger partial charge in [0, 0.05) is 16.5 Å². The maximum absolute atomic E-state index is 12.0. The third kappa shape index (κ3) is 2.83. The van der Waals surface area contributed by atoms with Gasteiger partial charge in [-0.3, -0.25) is 20.4 Å². The Kier molecular flexibility index (Phi) is 3.62. The van der Waals surface area contributed by atoms with E-state index in [0.717, 1.165) is 16.5 Å². The zero-order valence-corrected chi connectivity index (χ0v) is 12.0. The number of nitrogens with one attached hydrogen (secondary N) is 3. The highest BCUT2D eigenvalue weighted by Gasteiger charge is 2.11. The summed E-state index contributed by atoms with van der Waals surface area (Å²) in [5, 5.41) is 0.942. The average molecular weight is 293 g/mol. The molecule has 5 heteroatoms. The topological polar surface area (TPSA) is 74.0 Å². The van der Waals surface area contributed by atoms with Gasteiger partial charge in [-0.25, -0.2) is 0 Å². The van der Waals surface area contributed by atoms with Crippen LogP contribution in [-0.4, -0.2) is 16.8 Å². The van der Waals surface area contributed by atoms with E-state index in [1.54, 1.807) is 18.2 Å². The number of hydrogen-bond acceptors (Lipinski definition) is 2. The molecular formula is C17H15N3O2. The highest BCUT2D eigenvalue weighted by molar-refractivity contribution is 6.00. The lowest BCUT2D eigenvalue weighted by Gasteiger charge is -2.06. The number of para-hydroxylation sites is 1. The van der Waals surface area contributed by atoms with Crippen LogP contribution >= 0.6 is 0 Å². The van der Waals surface area contributed by atoms with Crippen LogP contribution in [0, 0.1) is 6.92 Å². The summed E-state index contributed by atoms with van der Waals surface area (Å²) in [7, 11) is 0. The third-order valence-electron chi connectivity index (χ3n) is 3.38. The van der Waals surface area contributed by atoms with Gasteiger partial charge in [0.1, 0.15) is 5.69 Å². The molecule has 0 aliphatic rings. The van der Waals surface area contributed by atoms with Crippen LogP contribution in [0.4, 0.5) is 0 Å². The van der Waals surface area contributed by atoms with Gasteiger partial charge in [0.15, 0.2) is 0 Å². The molecule has 5 nitrogen and oxygen atoms in total. The SMILES string of the molecule is Cc1ccc(C(=O)NNC(=O)c2cc3ccccc3[nH]2)cc1. The second-order valence-electron chi connectivity index (χ2n) is 5.04. The van der Waals surface area contributed by atoms with Crippen LogP contribution in [0.3, 0.4) is 0 Å². The Morgan fingerprint density at radius 1 is 0.909 bits per heavy atom. The first-order valence-corrected chi connectivity index (χ1v) is 6.88. The smallest absolute Gasteiger partial charge is 0.286 e. The summed E-state index contributed by atoms with van der Waals surface area (Å²) >= 11 is 0. The molecule has 0 aliphatic carbocycles. The molecule has 2 aromatic carbocycles.